The number of aromatic nitrogens is 2. The zero-order valence-corrected chi connectivity index (χ0v) is 9.70. The second-order valence-corrected chi connectivity index (χ2v) is 4.42. The standard InChI is InChI=1S/C11H14ClN3O/c12-10-9(6-16)11(15-7-14-10)13-5-1-2-8-3-4-8/h6-8H,1-5H2,(H,13,14,15). The van der Waals surface area contributed by atoms with Crippen molar-refractivity contribution in [2.24, 2.45) is 5.92 Å². The van der Waals surface area contributed by atoms with Gasteiger partial charge in [-0.2, -0.15) is 0 Å². The Labute approximate surface area is 99.4 Å². The first-order valence-corrected chi connectivity index (χ1v) is 5.88. The van der Waals surface area contributed by atoms with Crippen LogP contribution in [0.25, 0.3) is 0 Å². The van der Waals surface area contributed by atoms with Crippen LogP contribution in [0.4, 0.5) is 5.82 Å². The zero-order valence-electron chi connectivity index (χ0n) is 8.95. The topological polar surface area (TPSA) is 54.9 Å². The van der Waals surface area contributed by atoms with Gasteiger partial charge in [-0.05, 0) is 18.8 Å². The summed E-state index contributed by atoms with van der Waals surface area (Å²) in [5.74, 6) is 1.46. The van der Waals surface area contributed by atoms with E-state index in [9.17, 15) is 4.79 Å². The highest BCUT2D eigenvalue weighted by Crippen LogP contribution is 2.33. The largest absolute Gasteiger partial charge is 0.369 e. The van der Waals surface area contributed by atoms with Crippen LogP contribution in [0, 0.1) is 5.92 Å². The van der Waals surface area contributed by atoms with E-state index in [1.54, 1.807) is 0 Å². The van der Waals surface area contributed by atoms with Gasteiger partial charge < -0.3 is 5.32 Å². The summed E-state index contributed by atoms with van der Waals surface area (Å²) in [7, 11) is 0. The summed E-state index contributed by atoms with van der Waals surface area (Å²) in [5, 5.41) is 3.32. The maximum Gasteiger partial charge on any atom is 0.156 e. The molecule has 1 aromatic heterocycles. The third-order valence-electron chi connectivity index (χ3n) is 2.73. The van der Waals surface area contributed by atoms with E-state index in [-0.39, 0.29) is 5.15 Å². The molecule has 4 nitrogen and oxygen atoms in total. The van der Waals surface area contributed by atoms with E-state index in [0.29, 0.717) is 17.7 Å². The van der Waals surface area contributed by atoms with Gasteiger partial charge in [0.2, 0.25) is 0 Å². The van der Waals surface area contributed by atoms with Crippen molar-refractivity contribution in [3.05, 3.63) is 17.0 Å². The van der Waals surface area contributed by atoms with E-state index >= 15 is 0 Å². The third kappa shape index (κ3) is 2.92. The van der Waals surface area contributed by atoms with Gasteiger partial charge in [0.05, 0.1) is 5.56 Å². The van der Waals surface area contributed by atoms with Gasteiger partial charge in [-0.15, -0.1) is 0 Å². The number of anilines is 1. The molecule has 86 valence electrons. The van der Waals surface area contributed by atoms with Crippen LogP contribution in [0.2, 0.25) is 5.15 Å². The lowest BCUT2D eigenvalue weighted by Crippen LogP contribution is -2.07. The van der Waals surface area contributed by atoms with Crippen LogP contribution in [0.5, 0.6) is 0 Å². The van der Waals surface area contributed by atoms with Crippen LogP contribution < -0.4 is 5.32 Å². The molecule has 1 aliphatic carbocycles. The van der Waals surface area contributed by atoms with Crippen molar-refractivity contribution in [3.8, 4) is 0 Å². The number of nitrogens with zero attached hydrogens (tertiary/aromatic N) is 2. The van der Waals surface area contributed by atoms with Gasteiger partial charge in [0.1, 0.15) is 17.3 Å². The smallest absolute Gasteiger partial charge is 0.156 e. The Hall–Kier alpha value is -1.16. The molecule has 1 fully saturated rings. The SMILES string of the molecule is O=Cc1c(Cl)ncnc1NCCCC1CC1. The summed E-state index contributed by atoms with van der Waals surface area (Å²) in [6.45, 7) is 0.824. The van der Waals surface area contributed by atoms with Crippen LogP contribution in [-0.4, -0.2) is 22.8 Å². The predicted molar refractivity (Wildman–Crippen MR) is 62.9 cm³/mol. The van der Waals surface area contributed by atoms with Gasteiger partial charge in [-0.3, -0.25) is 4.79 Å². The van der Waals surface area contributed by atoms with Crippen molar-refractivity contribution in [1.82, 2.24) is 9.97 Å². The van der Waals surface area contributed by atoms with Gasteiger partial charge >= 0.3 is 0 Å². The molecule has 1 saturated carbocycles. The fraction of sp³-hybridized carbons (Fsp3) is 0.545. The first-order valence-electron chi connectivity index (χ1n) is 5.51. The molecule has 0 bridgehead atoms. The van der Waals surface area contributed by atoms with Gasteiger partial charge in [0.15, 0.2) is 6.29 Å². The van der Waals surface area contributed by atoms with Crippen LogP contribution >= 0.6 is 11.6 Å². The minimum absolute atomic E-state index is 0.203. The van der Waals surface area contributed by atoms with E-state index < -0.39 is 0 Å². The quantitative estimate of drug-likeness (QED) is 0.471. The summed E-state index contributed by atoms with van der Waals surface area (Å²) in [4.78, 5) is 18.6. The van der Waals surface area contributed by atoms with Gasteiger partial charge in [0.25, 0.3) is 0 Å². The number of aldehydes is 1. The highest BCUT2D eigenvalue weighted by atomic mass is 35.5. The Morgan fingerprint density at radius 2 is 2.31 bits per heavy atom. The molecule has 0 unspecified atom stereocenters. The molecule has 1 N–H and O–H groups in total. The Morgan fingerprint density at radius 3 is 3.00 bits per heavy atom. The van der Waals surface area contributed by atoms with E-state index in [1.165, 1.54) is 25.6 Å². The molecule has 0 atom stereocenters. The number of halogens is 1. The highest BCUT2D eigenvalue weighted by molar-refractivity contribution is 6.32. The number of carbonyl (C=O) groups excluding carboxylic acids is 1. The molecule has 0 aliphatic heterocycles. The second kappa shape index (κ2) is 5.25. The lowest BCUT2D eigenvalue weighted by Gasteiger charge is -2.07. The Kier molecular flexibility index (Phi) is 3.72. The van der Waals surface area contributed by atoms with E-state index in [4.69, 9.17) is 11.6 Å². The predicted octanol–water partition coefficient (Wildman–Crippen LogP) is 2.54. The molecule has 1 heterocycles. The van der Waals surface area contributed by atoms with Crippen LogP contribution in [0.15, 0.2) is 6.33 Å². The van der Waals surface area contributed by atoms with E-state index in [2.05, 4.69) is 15.3 Å². The minimum atomic E-state index is 0.203. The molecule has 0 saturated heterocycles. The summed E-state index contributed by atoms with van der Waals surface area (Å²) >= 11 is 5.78. The Morgan fingerprint density at radius 1 is 1.50 bits per heavy atom. The average Bonchev–Trinajstić information content (AvgIpc) is 3.08. The van der Waals surface area contributed by atoms with Gasteiger partial charge in [-0.1, -0.05) is 24.4 Å². The molecule has 0 amide bonds. The molecule has 0 aromatic carbocycles. The summed E-state index contributed by atoms with van der Waals surface area (Å²) in [6, 6.07) is 0. The zero-order chi connectivity index (χ0) is 11.4. The number of rotatable bonds is 6. The van der Waals surface area contributed by atoms with Crippen LogP contribution in [0.1, 0.15) is 36.0 Å². The highest BCUT2D eigenvalue weighted by Gasteiger charge is 2.20. The fourth-order valence-corrected chi connectivity index (χ4v) is 1.80. The van der Waals surface area contributed by atoms with Crippen molar-refractivity contribution in [2.75, 3.05) is 11.9 Å². The van der Waals surface area contributed by atoms with E-state index in [1.807, 2.05) is 0 Å². The average molecular weight is 240 g/mol. The maximum absolute atomic E-state index is 10.8. The van der Waals surface area contributed by atoms with Crippen molar-refractivity contribution in [3.63, 3.8) is 0 Å². The molecule has 1 aromatic rings. The molecule has 16 heavy (non-hydrogen) atoms. The van der Waals surface area contributed by atoms with Crippen molar-refractivity contribution in [2.45, 2.75) is 25.7 Å². The van der Waals surface area contributed by atoms with Gasteiger partial charge in [0, 0.05) is 6.54 Å². The molecule has 0 radical (unpaired) electrons. The molecule has 5 heteroatoms. The molecule has 2 rings (SSSR count). The molecular weight excluding hydrogens is 226 g/mol. The van der Waals surface area contributed by atoms with E-state index in [0.717, 1.165) is 18.9 Å². The maximum atomic E-state index is 10.8. The van der Waals surface area contributed by atoms with Crippen molar-refractivity contribution >= 4 is 23.7 Å². The Balaban J connectivity index is 1.86. The van der Waals surface area contributed by atoms with Gasteiger partial charge in [-0.25, -0.2) is 9.97 Å². The minimum Gasteiger partial charge on any atom is -0.369 e. The van der Waals surface area contributed by atoms with Crippen LogP contribution in [0.3, 0.4) is 0 Å². The summed E-state index contributed by atoms with van der Waals surface area (Å²) < 4.78 is 0. The molecule has 0 spiro atoms. The van der Waals surface area contributed by atoms with Crippen molar-refractivity contribution < 1.29 is 4.79 Å². The number of carbonyl (C=O) groups is 1. The lowest BCUT2D eigenvalue weighted by molar-refractivity contribution is 0.112. The third-order valence-corrected chi connectivity index (χ3v) is 3.03. The lowest BCUT2D eigenvalue weighted by atomic mass is 10.2. The Bertz CT molecular complexity index is 379. The number of hydrogen-bond donors (Lipinski definition) is 1. The molecule has 1 aliphatic rings. The summed E-state index contributed by atoms with van der Waals surface area (Å²) in [6.07, 6.45) is 7.15. The molecular formula is C11H14ClN3O. The van der Waals surface area contributed by atoms with Crippen molar-refractivity contribution in [1.29, 1.82) is 0 Å². The summed E-state index contributed by atoms with van der Waals surface area (Å²) in [5.41, 5.74) is 0.343. The number of hydrogen-bond acceptors (Lipinski definition) is 4. The monoisotopic (exact) mass is 239 g/mol. The normalized spacial score (nSPS) is 14.8. The van der Waals surface area contributed by atoms with Crippen LogP contribution in [-0.2, 0) is 0 Å². The first kappa shape index (κ1) is 11.3. The first-order chi connectivity index (χ1) is 7.81. The fourth-order valence-electron chi connectivity index (χ4n) is 1.62. The second-order valence-electron chi connectivity index (χ2n) is 4.06. The number of nitrogens with one attached hydrogen (secondary N) is 1.